The molecule has 0 bridgehead atoms. The Morgan fingerprint density at radius 2 is 1.71 bits per heavy atom. The van der Waals surface area contributed by atoms with Gasteiger partial charge in [-0.3, -0.25) is 9.59 Å². The molecule has 1 fully saturated rings. The third-order valence-corrected chi connectivity index (χ3v) is 9.31. The fourth-order valence-corrected chi connectivity index (χ4v) is 6.51. The van der Waals surface area contributed by atoms with E-state index in [4.69, 9.17) is 4.74 Å². The van der Waals surface area contributed by atoms with Crippen molar-refractivity contribution in [2.45, 2.75) is 43.7 Å². The number of carbonyl (C=O) groups is 2. The molecule has 206 valence electrons. The van der Waals surface area contributed by atoms with Crippen LogP contribution in [0.5, 0.6) is 5.75 Å². The number of likely N-dealkylation sites (N-methyl/N-ethyl adjacent to an activating group) is 1. The highest BCUT2D eigenvalue weighted by atomic mass is 32.2. The number of nitrogens with zero attached hydrogens (tertiary/aromatic N) is 3. The van der Waals surface area contributed by atoms with Gasteiger partial charge in [-0.15, -0.1) is 0 Å². The number of amides is 2. The zero-order valence-electron chi connectivity index (χ0n) is 22.6. The van der Waals surface area contributed by atoms with Crippen LogP contribution in [0.2, 0.25) is 0 Å². The third-order valence-electron chi connectivity index (χ3n) is 7.30. The van der Waals surface area contributed by atoms with Crippen LogP contribution in [0.1, 0.15) is 37.0 Å². The van der Waals surface area contributed by atoms with Crippen LogP contribution in [0, 0.1) is 11.8 Å². The van der Waals surface area contributed by atoms with Gasteiger partial charge < -0.3 is 19.6 Å². The fraction of sp³-hybridized carbons (Fsp3) is 0.500. The van der Waals surface area contributed by atoms with E-state index in [0.717, 1.165) is 24.0 Å². The number of sulfonamides is 1. The predicted molar refractivity (Wildman–Crippen MR) is 144 cm³/mol. The van der Waals surface area contributed by atoms with Crippen LogP contribution >= 0.6 is 0 Å². The molecule has 10 heteroatoms. The van der Waals surface area contributed by atoms with Crippen molar-refractivity contribution in [1.82, 2.24) is 14.1 Å². The van der Waals surface area contributed by atoms with Crippen LogP contribution in [0.15, 0.2) is 47.4 Å². The number of carbonyl (C=O) groups excluding carboxylic acids is 2. The molecule has 2 aliphatic rings. The summed E-state index contributed by atoms with van der Waals surface area (Å²) in [6, 6.07) is 11.4. The number of fused-ring (bicyclic) bond motifs is 1. The van der Waals surface area contributed by atoms with E-state index in [1.807, 2.05) is 19.1 Å². The average Bonchev–Trinajstić information content (AvgIpc) is 3.74. The van der Waals surface area contributed by atoms with E-state index in [2.05, 4.69) is 0 Å². The molecule has 0 unspecified atom stereocenters. The maximum Gasteiger partial charge on any atom is 0.253 e. The lowest BCUT2D eigenvalue weighted by Crippen LogP contribution is -2.50. The summed E-state index contributed by atoms with van der Waals surface area (Å²) in [6.45, 7) is 3.74. The van der Waals surface area contributed by atoms with E-state index >= 15 is 0 Å². The van der Waals surface area contributed by atoms with Gasteiger partial charge in [0.05, 0.1) is 13.2 Å². The van der Waals surface area contributed by atoms with Crippen molar-refractivity contribution < 1.29 is 27.9 Å². The van der Waals surface area contributed by atoms with E-state index < -0.39 is 22.2 Å². The van der Waals surface area contributed by atoms with Crippen molar-refractivity contribution >= 4 is 21.8 Å². The maximum absolute atomic E-state index is 13.7. The second-order valence-corrected chi connectivity index (χ2v) is 12.5. The van der Waals surface area contributed by atoms with E-state index in [9.17, 15) is 23.1 Å². The summed E-state index contributed by atoms with van der Waals surface area (Å²) < 4.78 is 35.2. The topological polar surface area (TPSA) is 107 Å². The van der Waals surface area contributed by atoms with Gasteiger partial charge in [-0.1, -0.05) is 25.1 Å². The number of hydrogen-bond acceptors (Lipinski definition) is 6. The first-order chi connectivity index (χ1) is 17.9. The van der Waals surface area contributed by atoms with Crippen molar-refractivity contribution in [3.05, 3.63) is 48.0 Å². The molecule has 1 N–H and O–H groups in total. The lowest BCUT2D eigenvalue weighted by molar-refractivity contribution is -0.132. The molecule has 38 heavy (non-hydrogen) atoms. The van der Waals surface area contributed by atoms with Gasteiger partial charge in [-0.25, -0.2) is 8.42 Å². The Hall–Kier alpha value is -2.95. The zero-order chi connectivity index (χ0) is 27.8. The Labute approximate surface area is 225 Å². The van der Waals surface area contributed by atoms with Crippen molar-refractivity contribution in [2.24, 2.45) is 11.8 Å². The van der Waals surface area contributed by atoms with E-state index in [0.29, 0.717) is 12.1 Å². The van der Waals surface area contributed by atoms with Gasteiger partial charge in [0, 0.05) is 51.1 Å². The number of aliphatic hydroxyl groups is 1. The minimum Gasteiger partial charge on any atom is -0.487 e. The number of ether oxygens (including phenoxy) is 1. The first kappa shape index (κ1) is 28.1. The van der Waals surface area contributed by atoms with Crippen molar-refractivity contribution in [3.8, 4) is 16.9 Å². The second kappa shape index (κ2) is 11.0. The van der Waals surface area contributed by atoms with Crippen LogP contribution in [-0.4, -0.2) is 92.4 Å². The van der Waals surface area contributed by atoms with Crippen molar-refractivity contribution in [1.29, 1.82) is 0 Å². The average molecular weight is 544 g/mol. The SMILES string of the molecule is C[C@@H]1CN([C@@H](C)CO)S(=O)(=O)c2ccc(-c3ccc(C(=O)N(C)C)cc3)cc2O[C@@H]1CN(C)C(=O)C1CC1. The van der Waals surface area contributed by atoms with Crippen LogP contribution in [0.3, 0.4) is 0 Å². The molecule has 1 aliphatic carbocycles. The largest absolute Gasteiger partial charge is 0.487 e. The second-order valence-electron chi connectivity index (χ2n) is 10.7. The minimum atomic E-state index is -3.97. The molecule has 3 atom stereocenters. The van der Waals surface area contributed by atoms with Crippen molar-refractivity contribution in [3.63, 3.8) is 0 Å². The number of benzene rings is 2. The van der Waals surface area contributed by atoms with Crippen molar-refractivity contribution in [2.75, 3.05) is 40.8 Å². The summed E-state index contributed by atoms with van der Waals surface area (Å²) in [5, 5.41) is 9.84. The molecule has 2 amide bonds. The Morgan fingerprint density at radius 3 is 2.29 bits per heavy atom. The molecule has 0 radical (unpaired) electrons. The Kier molecular flexibility index (Phi) is 8.15. The standard InChI is InChI=1S/C28H37N3O6S/c1-18-15-31(19(2)17-32)38(35,36)26-13-12-23(20-6-8-21(9-7-20)27(33)29(3)4)14-24(26)37-25(18)16-30(5)28(34)22-10-11-22/h6-9,12-14,18-19,22,25,32H,10-11,15-17H2,1-5H3/t18-,19+,25-/m1/s1. The minimum absolute atomic E-state index is 0.0222. The molecule has 0 spiro atoms. The van der Waals surface area contributed by atoms with Gasteiger partial charge in [0.2, 0.25) is 15.9 Å². The first-order valence-corrected chi connectivity index (χ1v) is 14.4. The summed E-state index contributed by atoms with van der Waals surface area (Å²) in [7, 11) is 1.17. The van der Waals surface area contributed by atoms with E-state index in [-0.39, 0.29) is 47.4 Å². The lowest BCUT2D eigenvalue weighted by Gasteiger charge is -2.37. The van der Waals surface area contributed by atoms with Gasteiger partial charge in [0.15, 0.2) is 0 Å². The Morgan fingerprint density at radius 1 is 1.08 bits per heavy atom. The number of aliphatic hydroxyl groups excluding tert-OH is 1. The predicted octanol–water partition coefficient (Wildman–Crippen LogP) is 2.69. The van der Waals surface area contributed by atoms with Gasteiger partial charge in [-0.05, 0) is 55.2 Å². The maximum atomic E-state index is 13.7. The monoisotopic (exact) mass is 543 g/mol. The normalized spacial score (nSPS) is 21.8. The first-order valence-electron chi connectivity index (χ1n) is 12.9. The summed E-state index contributed by atoms with van der Waals surface area (Å²) in [5.74, 6) is -0.00556. The Bertz CT molecular complexity index is 1290. The van der Waals surface area contributed by atoms with Crippen LogP contribution in [-0.2, 0) is 14.8 Å². The molecule has 1 aliphatic heterocycles. The number of hydrogen-bond donors (Lipinski definition) is 1. The molecule has 2 aromatic rings. The zero-order valence-corrected chi connectivity index (χ0v) is 23.4. The summed E-state index contributed by atoms with van der Waals surface area (Å²) >= 11 is 0. The highest BCUT2D eigenvalue weighted by molar-refractivity contribution is 7.89. The van der Waals surface area contributed by atoms with Crippen LogP contribution < -0.4 is 4.74 Å². The quantitative estimate of drug-likeness (QED) is 0.576. The molecule has 9 nitrogen and oxygen atoms in total. The van der Waals surface area contributed by atoms with Gasteiger partial charge >= 0.3 is 0 Å². The van der Waals surface area contributed by atoms with Crippen LogP contribution in [0.25, 0.3) is 11.1 Å². The summed E-state index contributed by atoms with van der Waals surface area (Å²) in [6.07, 6.45) is 1.34. The lowest BCUT2D eigenvalue weighted by atomic mass is 10.0. The van der Waals surface area contributed by atoms with Gasteiger partial charge in [0.25, 0.3) is 5.91 Å². The summed E-state index contributed by atoms with van der Waals surface area (Å²) in [4.78, 5) is 28.1. The molecular formula is C28H37N3O6S. The van der Waals surface area contributed by atoms with E-state index in [1.165, 1.54) is 15.3 Å². The molecule has 1 heterocycles. The molecule has 1 saturated carbocycles. The Balaban J connectivity index is 1.73. The van der Waals surface area contributed by atoms with E-state index in [1.54, 1.807) is 57.2 Å². The smallest absolute Gasteiger partial charge is 0.253 e. The highest BCUT2D eigenvalue weighted by Gasteiger charge is 2.39. The molecule has 0 saturated heterocycles. The molecule has 4 rings (SSSR count). The molecule has 2 aromatic carbocycles. The molecular weight excluding hydrogens is 506 g/mol. The number of rotatable bonds is 7. The summed E-state index contributed by atoms with van der Waals surface area (Å²) in [5.41, 5.74) is 2.09. The van der Waals surface area contributed by atoms with Crippen LogP contribution in [0.4, 0.5) is 0 Å². The van der Waals surface area contributed by atoms with Gasteiger partial charge in [0.1, 0.15) is 16.7 Å². The molecule has 0 aromatic heterocycles. The van der Waals surface area contributed by atoms with Gasteiger partial charge in [-0.2, -0.15) is 4.31 Å². The third kappa shape index (κ3) is 5.72. The fourth-order valence-electron chi connectivity index (χ4n) is 4.69. The highest BCUT2D eigenvalue weighted by Crippen LogP contribution is 2.37.